The summed E-state index contributed by atoms with van der Waals surface area (Å²) in [5, 5.41) is 7.81. The van der Waals surface area contributed by atoms with Crippen molar-refractivity contribution in [2.45, 2.75) is 32.4 Å². The molecule has 3 heterocycles. The lowest BCUT2D eigenvalue weighted by molar-refractivity contribution is -0.158. The molecule has 0 spiro atoms. The Labute approximate surface area is 229 Å². The Hall–Kier alpha value is -2.90. The maximum atomic E-state index is 13.8. The van der Waals surface area contributed by atoms with Crippen LogP contribution >= 0.6 is 22.9 Å². The number of amidine groups is 1. The van der Waals surface area contributed by atoms with Gasteiger partial charge in [0.1, 0.15) is 17.4 Å². The zero-order valence-electron chi connectivity index (χ0n) is 21.6. The molecule has 1 atom stereocenters. The van der Waals surface area contributed by atoms with Crippen LogP contribution in [0.15, 0.2) is 46.0 Å². The molecule has 13 heteroatoms. The Bertz CT molecular complexity index is 1240. The lowest BCUT2D eigenvalue weighted by atomic mass is 9.95. The number of hydrazine groups is 1. The highest BCUT2D eigenvalue weighted by Crippen LogP contribution is 2.36. The third-order valence-electron chi connectivity index (χ3n) is 6.46. The molecule has 0 radical (unpaired) electrons. The van der Waals surface area contributed by atoms with Crippen LogP contribution in [-0.2, 0) is 19.1 Å². The average molecular weight is 565 g/mol. The minimum atomic E-state index is -0.838. The second-order valence-corrected chi connectivity index (χ2v) is 10.5. The molecule has 2 N–H and O–H groups in total. The number of nitrogens with one attached hydrogen (secondary N) is 2. The molecule has 2 aromatic rings. The van der Waals surface area contributed by atoms with Crippen LogP contribution < -0.4 is 10.7 Å². The number of halogens is 2. The molecule has 0 bridgehead atoms. The minimum Gasteiger partial charge on any atom is -0.466 e. The number of methoxy groups -OCH3 is 1. The summed E-state index contributed by atoms with van der Waals surface area (Å²) in [5.41, 5.74) is 3.79. The van der Waals surface area contributed by atoms with Crippen LogP contribution in [0.25, 0.3) is 0 Å². The number of carbonyl (C=O) groups is 2. The molecule has 1 saturated heterocycles. The van der Waals surface area contributed by atoms with Crippen LogP contribution in [0.3, 0.4) is 0 Å². The summed E-state index contributed by atoms with van der Waals surface area (Å²) >= 11 is 7.80. The van der Waals surface area contributed by atoms with E-state index in [9.17, 15) is 14.0 Å². The maximum Gasteiger partial charge on any atom is 0.338 e. The predicted octanol–water partition coefficient (Wildman–Crippen LogP) is 2.88. The summed E-state index contributed by atoms with van der Waals surface area (Å²) in [6.07, 6.45) is 1.66. The predicted molar refractivity (Wildman–Crippen MR) is 142 cm³/mol. The van der Waals surface area contributed by atoms with Crippen LogP contribution in [0.1, 0.15) is 37.4 Å². The highest BCUT2D eigenvalue weighted by Gasteiger charge is 2.39. The van der Waals surface area contributed by atoms with E-state index in [1.54, 1.807) is 13.1 Å². The van der Waals surface area contributed by atoms with Gasteiger partial charge in [0.2, 0.25) is 0 Å². The first-order valence-electron chi connectivity index (χ1n) is 12.1. The van der Waals surface area contributed by atoms with Crippen molar-refractivity contribution in [2.24, 2.45) is 4.99 Å². The number of rotatable bonds is 8. The minimum absolute atomic E-state index is 0.146. The molecule has 0 saturated carbocycles. The van der Waals surface area contributed by atoms with Crippen molar-refractivity contribution in [3.8, 4) is 0 Å². The molecule has 1 aromatic carbocycles. The highest BCUT2D eigenvalue weighted by atomic mass is 35.5. The number of benzene rings is 1. The SMILES string of the molecule is CCOC(=O)C(C)(C)N1CCN(CC2=C(C(=O)OC)[C@H](c3ccc(F)cc3Cl)N=C(c3nccs3)N2)NC1. The number of esters is 2. The van der Waals surface area contributed by atoms with Gasteiger partial charge in [0.15, 0.2) is 10.8 Å². The van der Waals surface area contributed by atoms with E-state index in [0.29, 0.717) is 48.5 Å². The van der Waals surface area contributed by atoms with E-state index in [-0.39, 0.29) is 23.1 Å². The third-order valence-corrected chi connectivity index (χ3v) is 7.57. The van der Waals surface area contributed by atoms with E-state index in [2.05, 4.69) is 15.7 Å². The molecule has 1 fully saturated rings. The average Bonchev–Trinajstić information content (AvgIpc) is 3.43. The van der Waals surface area contributed by atoms with Gasteiger partial charge in [0.05, 0.1) is 32.5 Å². The van der Waals surface area contributed by atoms with Gasteiger partial charge in [0.25, 0.3) is 0 Å². The Morgan fingerprint density at radius 3 is 2.71 bits per heavy atom. The molecular weight excluding hydrogens is 535 g/mol. The van der Waals surface area contributed by atoms with Crippen molar-refractivity contribution in [1.82, 2.24) is 25.6 Å². The van der Waals surface area contributed by atoms with Crippen LogP contribution in [0, 0.1) is 5.82 Å². The number of ether oxygens (including phenoxy) is 2. The van der Waals surface area contributed by atoms with Gasteiger partial charge < -0.3 is 14.8 Å². The first kappa shape index (κ1) is 28.1. The van der Waals surface area contributed by atoms with E-state index in [1.807, 2.05) is 29.1 Å². The van der Waals surface area contributed by atoms with Gasteiger partial charge in [0, 0.05) is 40.9 Å². The van der Waals surface area contributed by atoms with Crippen molar-refractivity contribution in [3.05, 3.63) is 62.5 Å². The number of thiazole rings is 1. The van der Waals surface area contributed by atoms with Gasteiger partial charge >= 0.3 is 11.9 Å². The Morgan fingerprint density at radius 2 is 2.11 bits per heavy atom. The quantitative estimate of drug-likeness (QED) is 0.468. The van der Waals surface area contributed by atoms with Gasteiger partial charge in [-0.3, -0.25) is 14.7 Å². The van der Waals surface area contributed by atoms with Gasteiger partial charge in [-0.2, -0.15) is 0 Å². The van der Waals surface area contributed by atoms with E-state index in [1.165, 1.54) is 36.6 Å². The fraction of sp³-hybridized carbons (Fsp3) is 0.440. The smallest absolute Gasteiger partial charge is 0.338 e. The fourth-order valence-electron chi connectivity index (χ4n) is 4.29. The van der Waals surface area contributed by atoms with Crippen molar-refractivity contribution in [1.29, 1.82) is 0 Å². The first-order chi connectivity index (χ1) is 18.1. The number of hydrogen-bond acceptors (Lipinski definition) is 11. The third kappa shape index (κ3) is 5.89. The normalized spacial score (nSPS) is 19.1. The Balaban J connectivity index is 1.64. The van der Waals surface area contributed by atoms with Crippen molar-refractivity contribution in [2.75, 3.05) is 40.0 Å². The Kier molecular flexibility index (Phi) is 8.78. The summed E-state index contributed by atoms with van der Waals surface area (Å²) in [6, 6.07) is 3.15. The molecule has 4 rings (SSSR count). The van der Waals surface area contributed by atoms with E-state index in [4.69, 9.17) is 26.1 Å². The molecule has 2 aliphatic heterocycles. The molecule has 2 aliphatic rings. The molecule has 0 aliphatic carbocycles. The van der Waals surface area contributed by atoms with E-state index >= 15 is 0 Å². The molecule has 0 unspecified atom stereocenters. The molecule has 10 nitrogen and oxygen atoms in total. The summed E-state index contributed by atoms with van der Waals surface area (Å²) in [5.74, 6) is -0.895. The molecule has 1 aromatic heterocycles. The first-order valence-corrected chi connectivity index (χ1v) is 13.3. The number of hydrogen-bond donors (Lipinski definition) is 2. The number of nitrogens with zero attached hydrogens (tertiary/aromatic N) is 4. The molecule has 0 amide bonds. The monoisotopic (exact) mass is 564 g/mol. The summed E-state index contributed by atoms with van der Waals surface area (Å²) in [7, 11) is 1.30. The van der Waals surface area contributed by atoms with Gasteiger partial charge in [-0.05, 0) is 32.9 Å². The second-order valence-electron chi connectivity index (χ2n) is 9.17. The zero-order chi connectivity index (χ0) is 27.4. The molecular formula is C25H30ClFN6O4S. The van der Waals surface area contributed by atoms with Gasteiger partial charge in [-0.25, -0.2) is 24.6 Å². The molecule has 38 heavy (non-hydrogen) atoms. The maximum absolute atomic E-state index is 13.8. The number of carbonyl (C=O) groups excluding carboxylic acids is 2. The van der Waals surface area contributed by atoms with Crippen molar-refractivity contribution < 1.29 is 23.5 Å². The number of aliphatic imine (C=N–C) groups is 1. The lowest BCUT2D eigenvalue weighted by Crippen LogP contribution is -2.63. The summed E-state index contributed by atoms with van der Waals surface area (Å²) in [4.78, 5) is 36.6. The Morgan fingerprint density at radius 1 is 1.32 bits per heavy atom. The van der Waals surface area contributed by atoms with Crippen molar-refractivity contribution >= 4 is 40.7 Å². The van der Waals surface area contributed by atoms with E-state index < -0.39 is 23.4 Å². The fourth-order valence-corrected chi connectivity index (χ4v) is 5.15. The molecule has 204 valence electrons. The van der Waals surface area contributed by atoms with Gasteiger partial charge in [-0.15, -0.1) is 11.3 Å². The highest BCUT2D eigenvalue weighted by molar-refractivity contribution is 7.11. The standard InChI is InChI=1S/C25H30ClFN6O4S/c1-5-37-24(35)25(2,3)32-9-10-33(29-14-32)13-18-19(23(34)36-4)20(16-7-6-15(27)12-17(16)26)31-21(30-18)22-28-8-11-38-22/h6-8,11-12,20,29H,5,9-10,13-14H2,1-4H3,(H,30,31)/t20-/m0/s1. The van der Waals surface area contributed by atoms with Crippen LogP contribution in [0.4, 0.5) is 4.39 Å². The number of aromatic nitrogens is 1. The summed E-state index contributed by atoms with van der Waals surface area (Å²) < 4.78 is 24.2. The van der Waals surface area contributed by atoms with Gasteiger partial charge in [-0.1, -0.05) is 17.7 Å². The summed E-state index contributed by atoms with van der Waals surface area (Å²) in [6.45, 7) is 7.57. The lowest BCUT2D eigenvalue weighted by Gasteiger charge is -2.43. The van der Waals surface area contributed by atoms with Crippen LogP contribution in [-0.4, -0.2) is 78.2 Å². The largest absolute Gasteiger partial charge is 0.466 e. The zero-order valence-corrected chi connectivity index (χ0v) is 23.2. The second kappa shape index (κ2) is 11.9. The topological polar surface area (TPSA) is 108 Å². The van der Waals surface area contributed by atoms with Crippen molar-refractivity contribution in [3.63, 3.8) is 0 Å². The van der Waals surface area contributed by atoms with E-state index in [0.717, 1.165) is 0 Å². The van der Waals surface area contributed by atoms with Crippen LogP contribution in [0.5, 0.6) is 0 Å². The van der Waals surface area contributed by atoms with Crippen LogP contribution in [0.2, 0.25) is 5.02 Å².